The number of nitrogens with zero attached hydrogens (tertiary/aromatic N) is 5. The number of hydrogen-bond acceptors (Lipinski definition) is 5. The van der Waals surface area contributed by atoms with Gasteiger partial charge in [0.25, 0.3) is 5.78 Å². The van der Waals surface area contributed by atoms with E-state index >= 15 is 0 Å². The van der Waals surface area contributed by atoms with Crippen LogP contribution >= 0.6 is 11.6 Å². The van der Waals surface area contributed by atoms with E-state index in [9.17, 15) is 0 Å². The van der Waals surface area contributed by atoms with Crippen molar-refractivity contribution in [3.63, 3.8) is 0 Å². The fraction of sp³-hybridized carbons (Fsp3) is 0.190. The molecular formula is C21H19ClN6. The van der Waals surface area contributed by atoms with Crippen LogP contribution < -0.4 is 10.2 Å². The first-order chi connectivity index (χ1) is 13.7. The summed E-state index contributed by atoms with van der Waals surface area (Å²) < 4.78 is 1.86. The molecule has 0 fully saturated rings. The van der Waals surface area contributed by atoms with Crippen LogP contribution in [0.2, 0.25) is 5.02 Å². The van der Waals surface area contributed by atoms with Gasteiger partial charge >= 0.3 is 0 Å². The molecule has 4 aromatic rings. The van der Waals surface area contributed by atoms with Crippen LogP contribution in [0.1, 0.15) is 12.0 Å². The van der Waals surface area contributed by atoms with E-state index in [0.717, 1.165) is 41.9 Å². The molecule has 0 amide bonds. The molecule has 0 saturated carbocycles. The van der Waals surface area contributed by atoms with Gasteiger partial charge in [-0.3, -0.25) is 4.40 Å². The van der Waals surface area contributed by atoms with Crippen LogP contribution in [-0.4, -0.2) is 39.7 Å². The Labute approximate surface area is 167 Å². The molecule has 0 bridgehead atoms. The largest absolute Gasteiger partial charge is 0.329 e. The van der Waals surface area contributed by atoms with E-state index in [1.165, 1.54) is 11.1 Å². The van der Waals surface area contributed by atoms with Crippen LogP contribution in [0.15, 0.2) is 54.9 Å². The minimum absolute atomic E-state index is 0.550. The number of rotatable bonds is 3. The van der Waals surface area contributed by atoms with Gasteiger partial charge in [0.05, 0.1) is 5.52 Å². The van der Waals surface area contributed by atoms with E-state index in [-0.39, 0.29) is 0 Å². The van der Waals surface area contributed by atoms with E-state index in [1.807, 2.05) is 29.6 Å². The minimum atomic E-state index is 0.550. The topological polar surface area (TPSA) is 58.3 Å². The van der Waals surface area contributed by atoms with Crippen molar-refractivity contribution in [2.45, 2.75) is 6.42 Å². The van der Waals surface area contributed by atoms with Gasteiger partial charge in [0.2, 0.25) is 0 Å². The highest BCUT2D eigenvalue weighted by molar-refractivity contribution is 6.31. The highest BCUT2D eigenvalue weighted by Gasteiger charge is 2.16. The van der Waals surface area contributed by atoms with Gasteiger partial charge < -0.3 is 10.2 Å². The van der Waals surface area contributed by atoms with Crippen molar-refractivity contribution >= 4 is 45.4 Å². The van der Waals surface area contributed by atoms with Gasteiger partial charge in [-0.2, -0.15) is 4.98 Å². The van der Waals surface area contributed by atoms with Crippen molar-refractivity contribution in [3.05, 3.63) is 65.5 Å². The summed E-state index contributed by atoms with van der Waals surface area (Å²) in [6, 6.07) is 14.4. The van der Waals surface area contributed by atoms with Gasteiger partial charge in [-0.15, -0.1) is 10.2 Å². The molecule has 1 N–H and O–H groups in total. The van der Waals surface area contributed by atoms with Gasteiger partial charge in [0, 0.05) is 29.7 Å². The van der Waals surface area contributed by atoms with E-state index < -0.39 is 0 Å². The molecule has 1 aliphatic heterocycles. The molecule has 3 heterocycles. The molecule has 0 atom stereocenters. The van der Waals surface area contributed by atoms with Gasteiger partial charge in [0.1, 0.15) is 12.1 Å². The number of halogens is 1. The zero-order chi connectivity index (χ0) is 19.1. The standard InChI is InChI=1S/C21H19ClN6/c1-27(17-4-2-3-15(11-17)14-7-9-23-10-8-14)20-18-6-5-16(22)12-19(18)28-13-24-26-21(28)25-20/h2-7,11-13,23H,8-10H2,1H3. The first kappa shape index (κ1) is 17.2. The Kier molecular flexibility index (Phi) is 4.22. The molecule has 5 rings (SSSR count). The summed E-state index contributed by atoms with van der Waals surface area (Å²) in [5.41, 5.74) is 4.64. The Morgan fingerprint density at radius 2 is 2.11 bits per heavy atom. The van der Waals surface area contributed by atoms with Crippen molar-refractivity contribution in [1.29, 1.82) is 0 Å². The van der Waals surface area contributed by atoms with Crippen LogP contribution in [0.25, 0.3) is 22.3 Å². The zero-order valence-corrected chi connectivity index (χ0v) is 16.2. The SMILES string of the molecule is CN(c1cccc(C2=CCNCC2)c1)c1nc2nncn2c2cc(Cl)ccc12. The molecule has 0 saturated heterocycles. The lowest BCUT2D eigenvalue weighted by molar-refractivity contribution is 0.738. The third-order valence-corrected chi connectivity index (χ3v) is 5.42. The quantitative estimate of drug-likeness (QED) is 0.571. The fourth-order valence-corrected chi connectivity index (χ4v) is 3.87. The molecule has 0 unspecified atom stereocenters. The van der Waals surface area contributed by atoms with Crippen LogP contribution in [0, 0.1) is 0 Å². The molecule has 2 aromatic carbocycles. The molecule has 1 aliphatic rings. The lowest BCUT2D eigenvalue weighted by Crippen LogP contribution is -2.20. The van der Waals surface area contributed by atoms with Gasteiger partial charge in [-0.25, -0.2) is 0 Å². The van der Waals surface area contributed by atoms with Gasteiger partial charge in [0.15, 0.2) is 0 Å². The van der Waals surface area contributed by atoms with Crippen LogP contribution in [0.4, 0.5) is 11.5 Å². The number of anilines is 2. The summed E-state index contributed by atoms with van der Waals surface area (Å²) in [7, 11) is 2.03. The van der Waals surface area contributed by atoms with Crippen LogP contribution in [-0.2, 0) is 0 Å². The number of hydrogen-bond donors (Lipinski definition) is 1. The van der Waals surface area contributed by atoms with E-state index in [0.29, 0.717) is 10.8 Å². The number of nitrogens with one attached hydrogen (secondary N) is 1. The first-order valence-electron chi connectivity index (χ1n) is 9.23. The number of fused-ring (bicyclic) bond motifs is 3. The Morgan fingerprint density at radius 1 is 1.18 bits per heavy atom. The summed E-state index contributed by atoms with van der Waals surface area (Å²) in [5.74, 6) is 1.37. The Balaban J connectivity index is 1.64. The van der Waals surface area contributed by atoms with Crippen LogP contribution in [0.3, 0.4) is 0 Å². The van der Waals surface area contributed by atoms with E-state index in [1.54, 1.807) is 6.33 Å². The predicted octanol–water partition coefficient (Wildman–Crippen LogP) is 4.08. The summed E-state index contributed by atoms with van der Waals surface area (Å²) in [5, 5.41) is 13.2. The molecule has 0 aliphatic carbocycles. The third kappa shape index (κ3) is 2.91. The zero-order valence-electron chi connectivity index (χ0n) is 15.4. The summed E-state index contributed by atoms with van der Waals surface area (Å²) in [6.45, 7) is 1.94. The Bertz CT molecular complexity index is 1210. The normalized spacial score (nSPS) is 14.4. The predicted molar refractivity (Wildman–Crippen MR) is 113 cm³/mol. The lowest BCUT2D eigenvalue weighted by atomic mass is 9.99. The van der Waals surface area contributed by atoms with Crippen molar-refractivity contribution < 1.29 is 0 Å². The monoisotopic (exact) mass is 390 g/mol. The summed E-state index contributed by atoms with van der Waals surface area (Å²) in [6.07, 6.45) is 4.97. The maximum Gasteiger partial charge on any atom is 0.257 e. The van der Waals surface area contributed by atoms with Crippen LogP contribution in [0.5, 0.6) is 0 Å². The molecule has 0 radical (unpaired) electrons. The van der Waals surface area contributed by atoms with Crippen molar-refractivity contribution in [3.8, 4) is 0 Å². The Morgan fingerprint density at radius 3 is 2.96 bits per heavy atom. The maximum absolute atomic E-state index is 6.24. The average Bonchev–Trinajstić information content (AvgIpc) is 3.22. The van der Waals surface area contributed by atoms with Crippen molar-refractivity contribution in [2.24, 2.45) is 0 Å². The van der Waals surface area contributed by atoms with E-state index in [4.69, 9.17) is 16.6 Å². The van der Waals surface area contributed by atoms with Gasteiger partial charge in [-0.05, 0) is 54.4 Å². The third-order valence-electron chi connectivity index (χ3n) is 5.18. The molecule has 0 spiro atoms. The average molecular weight is 391 g/mol. The Hall–Kier alpha value is -2.96. The molecular weight excluding hydrogens is 372 g/mol. The first-order valence-corrected chi connectivity index (χ1v) is 9.61. The second-order valence-corrected chi connectivity index (χ2v) is 7.33. The highest BCUT2D eigenvalue weighted by atomic mass is 35.5. The molecule has 28 heavy (non-hydrogen) atoms. The summed E-state index contributed by atoms with van der Waals surface area (Å²) >= 11 is 6.24. The second kappa shape index (κ2) is 6.89. The van der Waals surface area contributed by atoms with Gasteiger partial charge in [-0.1, -0.05) is 29.8 Å². The van der Waals surface area contributed by atoms with E-state index in [2.05, 4.69) is 50.8 Å². The highest BCUT2D eigenvalue weighted by Crippen LogP contribution is 2.33. The summed E-state index contributed by atoms with van der Waals surface area (Å²) in [4.78, 5) is 6.85. The molecule has 140 valence electrons. The number of aromatic nitrogens is 4. The minimum Gasteiger partial charge on any atom is -0.329 e. The lowest BCUT2D eigenvalue weighted by Gasteiger charge is -2.22. The van der Waals surface area contributed by atoms with Crippen molar-refractivity contribution in [2.75, 3.05) is 25.0 Å². The molecule has 2 aromatic heterocycles. The second-order valence-electron chi connectivity index (χ2n) is 6.89. The molecule has 6 nitrogen and oxygen atoms in total. The van der Waals surface area contributed by atoms with Crippen molar-refractivity contribution in [1.82, 2.24) is 24.9 Å². The maximum atomic E-state index is 6.24. The number of benzene rings is 2. The smallest absolute Gasteiger partial charge is 0.257 e. The fourth-order valence-electron chi connectivity index (χ4n) is 3.70. The molecule has 7 heteroatoms.